The van der Waals surface area contributed by atoms with Crippen LogP contribution >= 0.6 is 0 Å². The zero-order valence-corrected chi connectivity index (χ0v) is 10.2. The monoisotopic (exact) mass is 273 g/mol. The molecule has 106 valence electrons. The third-order valence-electron chi connectivity index (χ3n) is 2.13. The summed E-state index contributed by atoms with van der Waals surface area (Å²) in [4.78, 5) is 25.6. The number of carbonyl (C=O) groups excluding carboxylic acids is 1. The van der Waals surface area contributed by atoms with E-state index in [-0.39, 0.29) is 24.9 Å². The van der Waals surface area contributed by atoms with Gasteiger partial charge in [-0.3, -0.25) is 4.79 Å². The van der Waals surface area contributed by atoms with E-state index in [1.165, 1.54) is 6.92 Å². The van der Waals surface area contributed by atoms with Crippen molar-refractivity contribution >= 4 is 12.0 Å². The van der Waals surface area contributed by atoms with Gasteiger partial charge in [0.1, 0.15) is 6.04 Å². The molecule has 1 aromatic rings. The molecule has 0 aliphatic heterocycles. The van der Waals surface area contributed by atoms with Crippen molar-refractivity contribution in [3.63, 3.8) is 0 Å². The number of carboxylic acids is 1. The van der Waals surface area contributed by atoms with E-state index in [4.69, 9.17) is 20.5 Å². The Bertz CT molecular complexity index is 448. The molecule has 19 heavy (non-hydrogen) atoms. The van der Waals surface area contributed by atoms with E-state index in [0.29, 0.717) is 0 Å². The molecule has 10 heteroatoms. The molecule has 6 N–H and O–H groups in total. The van der Waals surface area contributed by atoms with Gasteiger partial charge in [0.15, 0.2) is 5.82 Å². The molecule has 0 saturated heterocycles. The zero-order chi connectivity index (χ0) is 14.4. The zero-order valence-electron chi connectivity index (χ0n) is 10.2. The third-order valence-corrected chi connectivity index (χ3v) is 2.13. The van der Waals surface area contributed by atoms with Gasteiger partial charge in [0.25, 0.3) is 0 Å². The van der Waals surface area contributed by atoms with E-state index in [2.05, 4.69) is 20.8 Å². The number of hydrogen-bond donors (Lipinski definition) is 5. The van der Waals surface area contributed by atoms with Crippen molar-refractivity contribution in [3.8, 4) is 0 Å². The van der Waals surface area contributed by atoms with Crippen molar-refractivity contribution in [2.75, 3.05) is 6.61 Å². The van der Waals surface area contributed by atoms with Crippen molar-refractivity contribution in [2.24, 2.45) is 5.73 Å². The summed E-state index contributed by atoms with van der Waals surface area (Å²) >= 11 is 0. The number of rotatable bonds is 6. The van der Waals surface area contributed by atoms with Gasteiger partial charge in [0.05, 0.1) is 19.2 Å². The summed E-state index contributed by atoms with van der Waals surface area (Å²) in [6.45, 7) is 0.916. The van der Waals surface area contributed by atoms with Crippen molar-refractivity contribution in [1.29, 1.82) is 0 Å². The maximum Gasteiger partial charge on any atom is 0.325 e. The van der Waals surface area contributed by atoms with Gasteiger partial charge < -0.3 is 31.1 Å². The molecule has 2 amide bonds. The largest absolute Gasteiger partial charge is 0.480 e. The Morgan fingerprint density at radius 1 is 1.53 bits per heavy atom. The van der Waals surface area contributed by atoms with Crippen molar-refractivity contribution in [3.05, 3.63) is 11.7 Å². The van der Waals surface area contributed by atoms with Crippen LogP contribution in [0.1, 0.15) is 24.7 Å². The second-order valence-electron chi connectivity index (χ2n) is 3.72. The summed E-state index contributed by atoms with van der Waals surface area (Å²) in [6, 6.07) is -2.44. The van der Waals surface area contributed by atoms with E-state index in [1.807, 2.05) is 0 Å². The average Bonchev–Trinajstić information content (AvgIpc) is 2.84. The minimum Gasteiger partial charge on any atom is -0.480 e. The Kier molecular flexibility index (Phi) is 5.21. The number of nitrogens with two attached hydrogens (primary N) is 1. The number of aromatic nitrogens is 2. The SMILES string of the molecule is CC(NC(=O)NCc1nc(C(N)CO)no1)C(=O)O. The summed E-state index contributed by atoms with van der Waals surface area (Å²) in [5, 5.41) is 25.4. The second kappa shape index (κ2) is 6.66. The van der Waals surface area contributed by atoms with Crippen molar-refractivity contribution in [1.82, 2.24) is 20.8 Å². The molecule has 0 bridgehead atoms. The molecule has 10 nitrogen and oxygen atoms in total. The van der Waals surface area contributed by atoms with Crippen LogP contribution in [0.3, 0.4) is 0 Å². The van der Waals surface area contributed by atoms with Crippen LogP contribution in [-0.4, -0.2) is 45.0 Å². The number of nitrogens with one attached hydrogen (secondary N) is 2. The van der Waals surface area contributed by atoms with Gasteiger partial charge in [-0.2, -0.15) is 4.98 Å². The fourth-order valence-electron chi connectivity index (χ4n) is 1.04. The highest BCUT2D eigenvalue weighted by Crippen LogP contribution is 2.04. The highest BCUT2D eigenvalue weighted by atomic mass is 16.5. The van der Waals surface area contributed by atoms with Gasteiger partial charge >= 0.3 is 12.0 Å². The van der Waals surface area contributed by atoms with Gasteiger partial charge in [-0.15, -0.1) is 0 Å². The number of aliphatic hydroxyl groups excluding tert-OH is 1. The number of urea groups is 1. The first-order valence-corrected chi connectivity index (χ1v) is 5.40. The minimum absolute atomic E-state index is 0.0800. The maximum absolute atomic E-state index is 11.3. The predicted octanol–water partition coefficient (Wildman–Crippen LogP) is -1.67. The fourth-order valence-corrected chi connectivity index (χ4v) is 1.04. The van der Waals surface area contributed by atoms with Gasteiger partial charge in [0.2, 0.25) is 5.89 Å². The lowest BCUT2D eigenvalue weighted by molar-refractivity contribution is -0.138. The second-order valence-corrected chi connectivity index (χ2v) is 3.72. The van der Waals surface area contributed by atoms with E-state index >= 15 is 0 Å². The summed E-state index contributed by atoms with van der Waals surface area (Å²) in [6.07, 6.45) is 0. The molecule has 2 unspecified atom stereocenters. The fraction of sp³-hybridized carbons (Fsp3) is 0.556. The van der Waals surface area contributed by atoms with Crippen LogP contribution in [0.4, 0.5) is 4.79 Å². The molecule has 0 saturated carbocycles. The number of nitrogens with zero attached hydrogens (tertiary/aromatic N) is 2. The van der Waals surface area contributed by atoms with Gasteiger partial charge in [-0.25, -0.2) is 4.79 Å². The molecule has 2 atom stereocenters. The summed E-state index contributed by atoms with van der Waals surface area (Å²) < 4.78 is 4.78. The first-order valence-electron chi connectivity index (χ1n) is 5.40. The van der Waals surface area contributed by atoms with Crippen LogP contribution in [0.2, 0.25) is 0 Å². The highest BCUT2D eigenvalue weighted by molar-refractivity contribution is 5.81. The van der Waals surface area contributed by atoms with Crippen LogP contribution in [-0.2, 0) is 11.3 Å². The number of aliphatic carboxylic acids is 1. The van der Waals surface area contributed by atoms with Crippen LogP contribution in [0.15, 0.2) is 4.52 Å². The molecule has 0 aliphatic rings. The Balaban J connectivity index is 2.42. The van der Waals surface area contributed by atoms with Crippen LogP contribution < -0.4 is 16.4 Å². The number of carboxylic acid groups (broad SMARTS) is 1. The Morgan fingerprint density at radius 2 is 2.21 bits per heavy atom. The standard InChI is InChI=1S/C9H15N5O5/c1-4(8(16)17)12-9(18)11-2-6-13-7(14-19-6)5(10)3-15/h4-5,15H,2-3,10H2,1H3,(H,16,17)(H2,11,12,18). The Hall–Kier alpha value is -2.20. The lowest BCUT2D eigenvalue weighted by Crippen LogP contribution is -2.44. The Labute approximate surface area is 108 Å². The van der Waals surface area contributed by atoms with Crippen LogP contribution in [0.5, 0.6) is 0 Å². The van der Waals surface area contributed by atoms with Gasteiger partial charge in [-0.05, 0) is 6.92 Å². The van der Waals surface area contributed by atoms with Crippen LogP contribution in [0, 0.1) is 0 Å². The van der Waals surface area contributed by atoms with E-state index in [9.17, 15) is 9.59 Å². The molecular weight excluding hydrogens is 258 g/mol. The highest BCUT2D eigenvalue weighted by Gasteiger charge is 2.16. The van der Waals surface area contributed by atoms with E-state index in [0.717, 1.165) is 0 Å². The first-order chi connectivity index (χ1) is 8.93. The predicted molar refractivity (Wildman–Crippen MR) is 60.8 cm³/mol. The number of amides is 2. The summed E-state index contributed by atoms with van der Waals surface area (Å²) in [5.41, 5.74) is 5.46. The smallest absolute Gasteiger partial charge is 0.325 e. The Morgan fingerprint density at radius 3 is 2.79 bits per heavy atom. The molecule has 0 radical (unpaired) electrons. The lowest BCUT2D eigenvalue weighted by atomic mass is 10.3. The normalized spacial score (nSPS) is 13.6. The summed E-state index contributed by atoms with van der Waals surface area (Å²) in [5.74, 6) is -0.931. The quantitative estimate of drug-likeness (QED) is 0.410. The molecule has 0 aliphatic carbocycles. The lowest BCUT2D eigenvalue weighted by Gasteiger charge is -2.09. The van der Waals surface area contributed by atoms with Crippen molar-refractivity contribution in [2.45, 2.75) is 25.6 Å². The van der Waals surface area contributed by atoms with E-state index < -0.39 is 24.1 Å². The molecule has 0 spiro atoms. The van der Waals surface area contributed by atoms with Gasteiger partial charge in [-0.1, -0.05) is 5.16 Å². The molecule has 1 heterocycles. The molecule has 1 aromatic heterocycles. The molecular formula is C9H15N5O5. The number of carbonyl (C=O) groups is 2. The summed E-state index contributed by atoms with van der Waals surface area (Å²) in [7, 11) is 0. The maximum atomic E-state index is 11.3. The molecule has 1 rings (SSSR count). The average molecular weight is 273 g/mol. The first kappa shape index (κ1) is 14.9. The molecule has 0 aromatic carbocycles. The minimum atomic E-state index is -1.15. The topological polar surface area (TPSA) is 164 Å². The van der Waals surface area contributed by atoms with E-state index in [1.54, 1.807) is 0 Å². The number of aliphatic hydroxyl groups is 1. The molecule has 0 fully saturated rings. The number of hydrogen-bond acceptors (Lipinski definition) is 7. The van der Waals surface area contributed by atoms with Crippen LogP contribution in [0.25, 0.3) is 0 Å². The third kappa shape index (κ3) is 4.52. The van der Waals surface area contributed by atoms with Crippen molar-refractivity contribution < 1.29 is 24.3 Å². The van der Waals surface area contributed by atoms with Gasteiger partial charge in [0, 0.05) is 0 Å².